The van der Waals surface area contributed by atoms with Crippen molar-refractivity contribution in [2.24, 2.45) is 23.7 Å². The molecule has 0 amide bonds. The molecule has 3 fully saturated rings. The minimum Gasteiger partial charge on any atom is -0.482 e. The van der Waals surface area contributed by atoms with Crippen molar-refractivity contribution in [2.45, 2.75) is 135 Å². The van der Waals surface area contributed by atoms with E-state index in [-0.39, 0.29) is 36.5 Å². The summed E-state index contributed by atoms with van der Waals surface area (Å²) in [6.07, 6.45) is -7.89. The van der Waals surface area contributed by atoms with Gasteiger partial charge in [-0.25, -0.2) is 4.79 Å². The van der Waals surface area contributed by atoms with Gasteiger partial charge in [0.05, 0.1) is 45.6 Å². The maximum Gasteiger partial charge on any atom is 0.509 e. The number of benzene rings is 1. The number of non-ortho nitro benzene ring substituents is 1. The third-order valence-electron chi connectivity index (χ3n) is 11.6. The zero-order valence-electron chi connectivity index (χ0n) is 33.3. The van der Waals surface area contributed by atoms with E-state index in [2.05, 4.69) is 0 Å². The summed E-state index contributed by atoms with van der Waals surface area (Å²) in [5.41, 5.74) is -4.27. The molecule has 3 aliphatic heterocycles. The Bertz CT molecular complexity index is 1610. The quantitative estimate of drug-likeness (QED) is 0.205. The lowest BCUT2D eigenvalue weighted by Gasteiger charge is -2.48. The third kappa shape index (κ3) is 8.88. The molecule has 3 saturated heterocycles. The Labute approximate surface area is 320 Å². The molecular formula is C37H55N3O15. The molecule has 308 valence electrons. The van der Waals surface area contributed by atoms with Crippen LogP contribution >= 0.6 is 0 Å². The number of rotatable bonds is 9. The van der Waals surface area contributed by atoms with Crippen LogP contribution in [0.3, 0.4) is 0 Å². The lowest BCUT2D eigenvalue weighted by molar-refractivity contribution is -0.395. The van der Waals surface area contributed by atoms with Gasteiger partial charge in [0.25, 0.3) is 5.69 Å². The Morgan fingerprint density at radius 1 is 1.00 bits per heavy atom. The zero-order chi connectivity index (χ0) is 41.3. The molecule has 0 saturated carbocycles. The second-order valence-electron chi connectivity index (χ2n) is 15.7. The smallest absolute Gasteiger partial charge is 0.482 e. The average Bonchev–Trinajstić information content (AvgIpc) is 3.44. The van der Waals surface area contributed by atoms with Gasteiger partial charge in [0.15, 0.2) is 23.7 Å². The SMILES string of the molecule is CC[C@H]1OC(=O)[C@H](C)[C@@H](Oc2ccc([N+](=O)[O-])cc2[N+](=O)[O-])[C@H](C)[C@@H](O[C@@H]2O[C@H](C)C[C@H](N(C)C)[C@H]2O)[C@](C)(OC)C[C@@H](C)C(=O)[C@H](C)[C@H]2OC(=O)O[C@@]21C. The molecule has 3 heterocycles. The highest BCUT2D eigenvalue weighted by Crippen LogP contribution is 2.43. The van der Waals surface area contributed by atoms with Crippen molar-refractivity contribution in [3.8, 4) is 5.75 Å². The van der Waals surface area contributed by atoms with E-state index in [1.807, 2.05) is 25.9 Å². The van der Waals surface area contributed by atoms with Gasteiger partial charge in [-0.2, -0.15) is 0 Å². The number of esters is 1. The first-order valence-corrected chi connectivity index (χ1v) is 18.5. The number of aliphatic hydroxyl groups excluding tert-OH is 1. The summed E-state index contributed by atoms with van der Waals surface area (Å²) in [5.74, 6) is -5.42. The fraction of sp³-hybridized carbons (Fsp3) is 0.757. The monoisotopic (exact) mass is 781 g/mol. The van der Waals surface area contributed by atoms with Gasteiger partial charge in [0.2, 0.25) is 0 Å². The fourth-order valence-electron chi connectivity index (χ4n) is 8.41. The normalized spacial score (nSPS) is 39.0. The van der Waals surface area contributed by atoms with E-state index < -0.39 is 105 Å². The van der Waals surface area contributed by atoms with Gasteiger partial charge in [-0.15, -0.1) is 0 Å². The number of hydrogen-bond acceptors (Lipinski definition) is 16. The molecule has 0 aromatic heterocycles. The first-order valence-electron chi connectivity index (χ1n) is 18.5. The fourth-order valence-corrected chi connectivity index (χ4v) is 8.41. The second-order valence-corrected chi connectivity index (χ2v) is 15.7. The number of nitrogens with zero attached hydrogens (tertiary/aromatic N) is 3. The number of cyclic esters (lactones) is 1. The molecule has 0 bridgehead atoms. The molecule has 0 aliphatic carbocycles. The first-order chi connectivity index (χ1) is 25.6. The molecule has 18 nitrogen and oxygen atoms in total. The summed E-state index contributed by atoms with van der Waals surface area (Å²) in [6, 6.07) is 2.49. The van der Waals surface area contributed by atoms with Crippen LogP contribution in [0.2, 0.25) is 0 Å². The van der Waals surface area contributed by atoms with Crippen molar-refractivity contribution < 1.29 is 62.5 Å². The van der Waals surface area contributed by atoms with Crippen LogP contribution in [0.5, 0.6) is 5.75 Å². The van der Waals surface area contributed by atoms with Crippen molar-refractivity contribution in [3.05, 3.63) is 38.4 Å². The van der Waals surface area contributed by atoms with Gasteiger partial charge in [-0.3, -0.25) is 29.8 Å². The number of carbonyl (C=O) groups excluding carboxylic acids is 3. The number of carbonyl (C=O) groups is 3. The second kappa shape index (κ2) is 17.0. The number of nitro groups is 2. The number of ether oxygens (including phenoxy) is 7. The molecule has 14 atom stereocenters. The predicted octanol–water partition coefficient (Wildman–Crippen LogP) is 4.60. The van der Waals surface area contributed by atoms with Crippen molar-refractivity contribution in [3.63, 3.8) is 0 Å². The maximum atomic E-state index is 14.3. The number of aliphatic hydroxyl groups is 1. The minimum absolute atomic E-state index is 0.00975. The van der Waals surface area contributed by atoms with Gasteiger partial charge in [-0.1, -0.05) is 27.7 Å². The zero-order valence-corrected chi connectivity index (χ0v) is 33.3. The Morgan fingerprint density at radius 2 is 1.65 bits per heavy atom. The number of Topliss-reactive ketones (excluding diaryl/α,β-unsaturated/α-hetero) is 1. The lowest BCUT2D eigenvalue weighted by Crippen LogP contribution is -2.60. The largest absolute Gasteiger partial charge is 0.509 e. The maximum absolute atomic E-state index is 14.3. The molecule has 18 heteroatoms. The molecular weight excluding hydrogens is 726 g/mol. The van der Waals surface area contributed by atoms with Crippen LogP contribution in [0.1, 0.15) is 74.7 Å². The van der Waals surface area contributed by atoms with Crippen molar-refractivity contribution >= 4 is 29.3 Å². The van der Waals surface area contributed by atoms with Crippen LogP contribution in [0.4, 0.5) is 16.2 Å². The summed E-state index contributed by atoms with van der Waals surface area (Å²) in [5, 5.41) is 35.4. The molecule has 1 N–H and O–H groups in total. The van der Waals surface area contributed by atoms with Crippen molar-refractivity contribution in [2.75, 3.05) is 21.2 Å². The van der Waals surface area contributed by atoms with Gasteiger partial charge in [0, 0.05) is 31.1 Å². The molecule has 0 unspecified atom stereocenters. The number of nitro benzene ring substituents is 2. The standard InChI is InChI=1S/C37H55N3O15/c1-12-27-37(8)32(54-35(44)55-37)20(4)28(41)18(2)17-36(7,49-11)31(53-34-29(42)25(38(9)10)15-19(3)50-34)21(5)30(22(6)33(43)52-27)51-26-14-13-23(39(45)46)16-24(26)40(47)48/h13-14,16,18-22,25,27,29-32,34,42H,12,15,17H2,1-11H3/t18-,19-,20+,21+,22-,25+,27-,29-,30+,31-,32-,34+,36-,37-/m1/s1. The van der Waals surface area contributed by atoms with E-state index in [9.17, 15) is 39.7 Å². The van der Waals surface area contributed by atoms with Crippen LogP contribution in [-0.4, -0.2) is 119 Å². The van der Waals surface area contributed by atoms with Gasteiger partial charge in [0.1, 0.15) is 24.1 Å². The molecule has 1 aromatic carbocycles. The molecule has 4 rings (SSSR count). The summed E-state index contributed by atoms with van der Waals surface area (Å²) >= 11 is 0. The van der Waals surface area contributed by atoms with Gasteiger partial charge >= 0.3 is 17.8 Å². The van der Waals surface area contributed by atoms with Gasteiger partial charge < -0.3 is 43.2 Å². The van der Waals surface area contributed by atoms with E-state index >= 15 is 0 Å². The number of methoxy groups -OCH3 is 1. The summed E-state index contributed by atoms with van der Waals surface area (Å²) in [4.78, 5) is 65.2. The van der Waals surface area contributed by atoms with Crippen molar-refractivity contribution in [1.82, 2.24) is 4.90 Å². The van der Waals surface area contributed by atoms with Crippen LogP contribution in [0.15, 0.2) is 18.2 Å². The van der Waals surface area contributed by atoms with Crippen LogP contribution in [-0.2, 0) is 38.0 Å². The van der Waals surface area contributed by atoms with Crippen LogP contribution < -0.4 is 4.74 Å². The predicted molar refractivity (Wildman–Crippen MR) is 193 cm³/mol. The number of hydrogen-bond donors (Lipinski definition) is 1. The molecule has 1 aromatic rings. The number of ketones is 1. The summed E-state index contributed by atoms with van der Waals surface area (Å²) in [6.45, 7) is 13.2. The summed E-state index contributed by atoms with van der Waals surface area (Å²) < 4.78 is 42.7. The minimum atomic E-state index is -1.58. The Balaban J connectivity index is 1.94. The average molecular weight is 782 g/mol. The molecule has 0 radical (unpaired) electrons. The molecule has 3 aliphatic rings. The first kappa shape index (κ1) is 43.8. The van der Waals surface area contributed by atoms with E-state index in [4.69, 9.17) is 33.2 Å². The highest BCUT2D eigenvalue weighted by Gasteiger charge is 2.59. The lowest BCUT2D eigenvalue weighted by atomic mass is 9.74. The van der Waals surface area contributed by atoms with Gasteiger partial charge in [-0.05, 0) is 67.1 Å². The summed E-state index contributed by atoms with van der Waals surface area (Å²) in [7, 11) is 5.05. The van der Waals surface area contributed by atoms with Crippen LogP contribution in [0.25, 0.3) is 0 Å². The highest BCUT2D eigenvalue weighted by molar-refractivity contribution is 5.84. The van der Waals surface area contributed by atoms with E-state index in [1.54, 1.807) is 34.6 Å². The highest BCUT2D eigenvalue weighted by atomic mass is 16.8. The molecule has 55 heavy (non-hydrogen) atoms. The van der Waals surface area contributed by atoms with Crippen molar-refractivity contribution in [1.29, 1.82) is 0 Å². The Hall–Kier alpha value is -3.97. The number of likely N-dealkylation sites (N-methyl/N-ethyl adjacent to an activating group) is 1. The number of fused-ring (bicyclic) bond motifs is 1. The van der Waals surface area contributed by atoms with Crippen LogP contribution in [0, 0.1) is 43.9 Å². The Kier molecular flexibility index (Phi) is 13.6. The Morgan fingerprint density at radius 3 is 2.22 bits per heavy atom. The van der Waals surface area contributed by atoms with E-state index in [0.29, 0.717) is 6.42 Å². The van der Waals surface area contributed by atoms with E-state index in [1.165, 1.54) is 21.0 Å². The third-order valence-corrected chi connectivity index (χ3v) is 11.6. The van der Waals surface area contributed by atoms with E-state index in [0.717, 1.165) is 18.2 Å². The topological polar surface area (TPSA) is 226 Å². The molecule has 0 spiro atoms.